The fourth-order valence-corrected chi connectivity index (χ4v) is 4.31. The second-order valence-corrected chi connectivity index (χ2v) is 7.65. The molecule has 25 heavy (non-hydrogen) atoms. The number of halogens is 1. The number of aromatic nitrogens is 2. The van der Waals surface area contributed by atoms with Crippen LogP contribution in [0.2, 0.25) is 0 Å². The number of piperidine rings is 1. The number of hydrogen-bond donors (Lipinski definition) is 0. The predicted octanol–water partition coefficient (Wildman–Crippen LogP) is 3.42. The Hall–Kier alpha value is -2.01. The number of aryl methyl sites for hydroxylation is 1. The van der Waals surface area contributed by atoms with E-state index in [1.165, 1.54) is 24.8 Å². The van der Waals surface area contributed by atoms with Crippen LogP contribution in [0.3, 0.4) is 0 Å². The predicted molar refractivity (Wildman–Crippen MR) is 96.9 cm³/mol. The first-order valence-corrected chi connectivity index (χ1v) is 9.14. The summed E-state index contributed by atoms with van der Waals surface area (Å²) in [6.45, 7) is 7.23. The Labute approximate surface area is 148 Å². The summed E-state index contributed by atoms with van der Waals surface area (Å²) in [5.41, 5.74) is 2.50. The molecule has 132 valence electrons. The highest BCUT2D eigenvalue weighted by Gasteiger charge is 2.41. The second kappa shape index (κ2) is 6.71. The highest BCUT2D eigenvalue weighted by Crippen LogP contribution is 2.40. The van der Waals surface area contributed by atoms with Crippen LogP contribution in [0.4, 0.5) is 10.2 Å². The molecule has 5 heteroatoms. The van der Waals surface area contributed by atoms with Gasteiger partial charge in [-0.3, -0.25) is 4.90 Å². The Bertz CT molecular complexity index is 715. The van der Waals surface area contributed by atoms with Crippen molar-refractivity contribution in [1.29, 1.82) is 0 Å². The number of hydrogen-bond acceptors (Lipinski definition) is 4. The van der Waals surface area contributed by atoms with Gasteiger partial charge in [0, 0.05) is 31.6 Å². The van der Waals surface area contributed by atoms with E-state index in [4.69, 9.17) is 0 Å². The van der Waals surface area contributed by atoms with Crippen LogP contribution in [-0.4, -0.2) is 41.3 Å². The molecule has 1 atom stereocenters. The summed E-state index contributed by atoms with van der Waals surface area (Å²) in [6, 6.07) is 11.0. The van der Waals surface area contributed by atoms with E-state index >= 15 is 0 Å². The molecule has 2 aliphatic rings. The number of likely N-dealkylation sites (tertiary alicyclic amines) is 1. The number of anilines is 1. The van der Waals surface area contributed by atoms with Gasteiger partial charge in [0.2, 0.25) is 0 Å². The van der Waals surface area contributed by atoms with Gasteiger partial charge in [-0.25, -0.2) is 4.39 Å². The van der Waals surface area contributed by atoms with Gasteiger partial charge in [0.25, 0.3) is 0 Å². The quantitative estimate of drug-likeness (QED) is 0.857. The maximum atomic E-state index is 13.1. The van der Waals surface area contributed by atoms with Crippen molar-refractivity contribution < 1.29 is 4.39 Å². The molecule has 0 unspecified atom stereocenters. The molecule has 4 nitrogen and oxygen atoms in total. The molecule has 2 fully saturated rings. The average Bonchev–Trinajstić information content (AvgIpc) is 2.99. The van der Waals surface area contributed by atoms with Crippen LogP contribution >= 0.6 is 0 Å². The third-order valence-electron chi connectivity index (χ3n) is 5.61. The van der Waals surface area contributed by atoms with Crippen LogP contribution in [0.1, 0.15) is 30.5 Å². The van der Waals surface area contributed by atoms with E-state index < -0.39 is 0 Å². The normalized spacial score (nSPS) is 24.2. The van der Waals surface area contributed by atoms with Crippen molar-refractivity contribution in [3.05, 3.63) is 53.5 Å². The van der Waals surface area contributed by atoms with Crippen LogP contribution in [0, 0.1) is 18.2 Å². The summed E-state index contributed by atoms with van der Waals surface area (Å²) in [6.07, 6.45) is 3.71. The van der Waals surface area contributed by atoms with E-state index in [0.29, 0.717) is 5.41 Å². The van der Waals surface area contributed by atoms with Gasteiger partial charge in [0.1, 0.15) is 5.82 Å². The standard InChI is InChI=1S/C20H25FN4/c1-16-3-8-19(23-22-16)25-11-2-9-20(15-25)10-12-24(14-20)13-17-4-6-18(21)7-5-17/h3-8H,2,9-15H2,1H3/t20-/m1/s1. The van der Waals surface area contributed by atoms with Crippen LogP contribution in [0.25, 0.3) is 0 Å². The van der Waals surface area contributed by atoms with E-state index in [-0.39, 0.29) is 5.82 Å². The molecule has 0 aliphatic carbocycles. The maximum Gasteiger partial charge on any atom is 0.151 e. The molecule has 1 aromatic carbocycles. The van der Waals surface area contributed by atoms with Crippen LogP contribution in [0.5, 0.6) is 0 Å². The number of benzene rings is 1. The molecule has 0 saturated carbocycles. The van der Waals surface area contributed by atoms with Crippen molar-refractivity contribution in [3.8, 4) is 0 Å². The summed E-state index contributed by atoms with van der Waals surface area (Å²) in [4.78, 5) is 4.91. The lowest BCUT2D eigenvalue weighted by Gasteiger charge is -2.41. The lowest BCUT2D eigenvalue weighted by molar-refractivity contribution is 0.216. The first-order chi connectivity index (χ1) is 12.1. The van der Waals surface area contributed by atoms with E-state index in [1.54, 1.807) is 12.1 Å². The first kappa shape index (κ1) is 16.5. The fourth-order valence-electron chi connectivity index (χ4n) is 4.31. The van der Waals surface area contributed by atoms with Crippen molar-refractivity contribution in [2.75, 3.05) is 31.1 Å². The van der Waals surface area contributed by atoms with Gasteiger partial charge in [-0.1, -0.05) is 12.1 Å². The zero-order valence-corrected chi connectivity index (χ0v) is 14.8. The summed E-state index contributed by atoms with van der Waals surface area (Å²) in [7, 11) is 0. The highest BCUT2D eigenvalue weighted by molar-refractivity contribution is 5.38. The van der Waals surface area contributed by atoms with Crippen LogP contribution in [-0.2, 0) is 6.54 Å². The van der Waals surface area contributed by atoms with Crippen molar-refractivity contribution in [2.45, 2.75) is 32.7 Å². The molecular weight excluding hydrogens is 315 g/mol. The molecule has 0 N–H and O–H groups in total. The molecule has 2 aliphatic heterocycles. The van der Waals surface area contributed by atoms with Gasteiger partial charge in [0.15, 0.2) is 5.82 Å². The van der Waals surface area contributed by atoms with Gasteiger partial charge in [-0.15, -0.1) is 5.10 Å². The Morgan fingerprint density at radius 3 is 2.60 bits per heavy atom. The Balaban J connectivity index is 1.42. The molecule has 4 rings (SSSR count). The van der Waals surface area contributed by atoms with Gasteiger partial charge in [0.05, 0.1) is 5.69 Å². The number of rotatable bonds is 3. The zero-order valence-electron chi connectivity index (χ0n) is 14.8. The summed E-state index contributed by atoms with van der Waals surface area (Å²) in [5, 5.41) is 8.59. The molecule has 0 bridgehead atoms. The first-order valence-electron chi connectivity index (χ1n) is 9.14. The van der Waals surface area contributed by atoms with Gasteiger partial charge in [-0.05, 0) is 62.6 Å². The Kier molecular flexibility index (Phi) is 4.42. The largest absolute Gasteiger partial charge is 0.355 e. The lowest BCUT2D eigenvalue weighted by Crippen LogP contribution is -2.45. The lowest BCUT2D eigenvalue weighted by atomic mass is 9.79. The Morgan fingerprint density at radius 2 is 1.84 bits per heavy atom. The minimum Gasteiger partial charge on any atom is -0.355 e. The monoisotopic (exact) mass is 340 g/mol. The SMILES string of the molecule is Cc1ccc(N2CCC[C@]3(CCN(Cc4ccc(F)cc4)C3)C2)nn1. The molecule has 0 amide bonds. The highest BCUT2D eigenvalue weighted by atomic mass is 19.1. The van der Waals surface area contributed by atoms with E-state index in [0.717, 1.165) is 44.2 Å². The molecule has 2 aromatic rings. The van der Waals surface area contributed by atoms with Crippen molar-refractivity contribution in [3.63, 3.8) is 0 Å². The van der Waals surface area contributed by atoms with Crippen molar-refractivity contribution in [1.82, 2.24) is 15.1 Å². The zero-order chi connectivity index (χ0) is 17.3. The summed E-state index contributed by atoms with van der Waals surface area (Å²) < 4.78 is 13.1. The van der Waals surface area contributed by atoms with Crippen LogP contribution in [0.15, 0.2) is 36.4 Å². The molecular formula is C20H25FN4. The average molecular weight is 340 g/mol. The summed E-state index contributed by atoms with van der Waals surface area (Å²) >= 11 is 0. The maximum absolute atomic E-state index is 13.1. The van der Waals surface area contributed by atoms with E-state index in [1.807, 2.05) is 25.1 Å². The molecule has 0 radical (unpaired) electrons. The van der Waals surface area contributed by atoms with E-state index in [2.05, 4.69) is 26.1 Å². The van der Waals surface area contributed by atoms with Crippen molar-refractivity contribution >= 4 is 5.82 Å². The smallest absolute Gasteiger partial charge is 0.151 e. The molecule has 2 saturated heterocycles. The van der Waals surface area contributed by atoms with Gasteiger partial charge in [-0.2, -0.15) is 5.10 Å². The fraction of sp³-hybridized carbons (Fsp3) is 0.500. The topological polar surface area (TPSA) is 32.3 Å². The summed E-state index contributed by atoms with van der Waals surface area (Å²) in [5.74, 6) is 0.838. The van der Waals surface area contributed by atoms with Crippen molar-refractivity contribution in [2.24, 2.45) is 5.41 Å². The Morgan fingerprint density at radius 1 is 1.00 bits per heavy atom. The number of nitrogens with zero attached hydrogens (tertiary/aromatic N) is 4. The van der Waals surface area contributed by atoms with Crippen LogP contribution < -0.4 is 4.90 Å². The molecule has 1 aromatic heterocycles. The second-order valence-electron chi connectivity index (χ2n) is 7.65. The minimum absolute atomic E-state index is 0.163. The van der Waals surface area contributed by atoms with Gasteiger partial charge < -0.3 is 4.90 Å². The van der Waals surface area contributed by atoms with E-state index in [9.17, 15) is 4.39 Å². The third kappa shape index (κ3) is 3.66. The minimum atomic E-state index is -0.163. The molecule has 3 heterocycles. The van der Waals surface area contributed by atoms with Gasteiger partial charge >= 0.3 is 0 Å². The third-order valence-corrected chi connectivity index (χ3v) is 5.61. The molecule has 1 spiro atoms.